The summed E-state index contributed by atoms with van der Waals surface area (Å²) in [6, 6.07) is 17.1. The van der Waals surface area contributed by atoms with Gasteiger partial charge in [0.1, 0.15) is 17.3 Å². The van der Waals surface area contributed by atoms with E-state index in [1.54, 1.807) is 12.5 Å². The van der Waals surface area contributed by atoms with E-state index in [1.165, 1.54) is 11.3 Å². The smallest absolute Gasteiger partial charge is 0.271 e. The summed E-state index contributed by atoms with van der Waals surface area (Å²) in [5.74, 6) is 6.77. The Bertz CT molecular complexity index is 958. The number of aromatic nitrogens is 1. The van der Waals surface area contributed by atoms with Crippen molar-refractivity contribution in [2.45, 2.75) is 0 Å². The summed E-state index contributed by atoms with van der Waals surface area (Å²) in [6.07, 6.45) is 0. The molecule has 0 unspecified atom stereocenters. The molecule has 0 aliphatic carbocycles. The highest BCUT2D eigenvalue weighted by Crippen LogP contribution is 2.25. The second kappa shape index (κ2) is 9.41. The highest BCUT2D eigenvalue weighted by molar-refractivity contribution is 7.13. The highest BCUT2D eigenvalue weighted by Gasteiger charge is 2.10. The van der Waals surface area contributed by atoms with Crippen molar-refractivity contribution in [1.82, 2.24) is 10.3 Å². The van der Waals surface area contributed by atoms with Crippen molar-refractivity contribution in [3.8, 4) is 33.9 Å². The fraction of sp³-hybridized carbons (Fsp3) is 0.143. The molecule has 3 aromatic rings. The molecule has 0 atom stereocenters. The molecule has 0 bridgehead atoms. The van der Waals surface area contributed by atoms with Gasteiger partial charge in [-0.15, -0.1) is 11.3 Å². The summed E-state index contributed by atoms with van der Waals surface area (Å²) >= 11 is 1.44. The van der Waals surface area contributed by atoms with E-state index >= 15 is 0 Å². The molecule has 1 heterocycles. The molecule has 27 heavy (non-hydrogen) atoms. The molecule has 5 nitrogen and oxygen atoms in total. The van der Waals surface area contributed by atoms with Gasteiger partial charge in [0.15, 0.2) is 11.5 Å². The number of nitrogens with one attached hydrogen (secondary N) is 1. The Kier molecular flexibility index (Phi) is 6.45. The molecule has 0 aliphatic rings. The Morgan fingerprint density at radius 3 is 2.59 bits per heavy atom. The number of benzene rings is 2. The van der Waals surface area contributed by atoms with Crippen molar-refractivity contribution in [3.05, 3.63) is 65.7 Å². The van der Waals surface area contributed by atoms with Gasteiger partial charge < -0.3 is 14.8 Å². The normalized spacial score (nSPS) is 9.81. The predicted octanol–water partition coefficient (Wildman–Crippen LogP) is 3.63. The molecular formula is C21H18N2O3S. The van der Waals surface area contributed by atoms with Gasteiger partial charge in [-0.3, -0.25) is 4.79 Å². The summed E-state index contributed by atoms with van der Waals surface area (Å²) in [7, 11) is 1.59. The highest BCUT2D eigenvalue weighted by atomic mass is 32.1. The molecule has 1 N–H and O–H groups in total. The lowest BCUT2D eigenvalue weighted by molar-refractivity contribution is 0.0954. The number of nitrogens with zero attached hydrogens (tertiary/aromatic N) is 1. The largest absolute Gasteiger partial charge is 0.493 e. The van der Waals surface area contributed by atoms with Gasteiger partial charge in [-0.2, -0.15) is 0 Å². The van der Waals surface area contributed by atoms with Crippen molar-refractivity contribution >= 4 is 17.2 Å². The van der Waals surface area contributed by atoms with Crippen molar-refractivity contribution < 1.29 is 14.3 Å². The first-order chi connectivity index (χ1) is 13.3. The monoisotopic (exact) mass is 378 g/mol. The maximum Gasteiger partial charge on any atom is 0.271 e. The predicted molar refractivity (Wildman–Crippen MR) is 106 cm³/mol. The third-order valence-corrected chi connectivity index (χ3v) is 4.48. The summed E-state index contributed by atoms with van der Waals surface area (Å²) < 4.78 is 10.8. The van der Waals surface area contributed by atoms with E-state index < -0.39 is 0 Å². The van der Waals surface area contributed by atoms with Gasteiger partial charge in [0.25, 0.3) is 5.91 Å². The summed E-state index contributed by atoms with van der Waals surface area (Å²) in [6.45, 7) is 0.442. The van der Waals surface area contributed by atoms with Crippen LogP contribution in [0.15, 0.2) is 60.0 Å². The number of hydrogen-bond donors (Lipinski definition) is 1. The van der Waals surface area contributed by atoms with Crippen LogP contribution in [0.4, 0.5) is 0 Å². The maximum absolute atomic E-state index is 12.1. The minimum Gasteiger partial charge on any atom is -0.493 e. The number of hydrogen-bond acceptors (Lipinski definition) is 5. The second-order valence-electron chi connectivity index (χ2n) is 5.38. The molecule has 6 heteroatoms. The number of amides is 1. The Hall–Kier alpha value is -3.30. The van der Waals surface area contributed by atoms with Crippen LogP contribution in [0, 0.1) is 11.8 Å². The maximum atomic E-state index is 12.1. The van der Waals surface area contributed by atoms with E-state index in [2.05, 4.69) is 22.1 Å². The van der Waals surface area contributed by atoms with E-state index in [0.717, 1.165) is 10.6 Å². The number of thiazole rings is 1. The van der Waals surface area contributed by atoms with Crippen LogP contribution in [0.2, 0.25) is 0 Å². The SMILES string of the molecule is COc1ccccc1OCC#CCNC(=O)c1csc(-c2ccccc2)n1. The van der Waals surface area contributed by atoms with Crippen LogP contribution in [-0.4, -0.2) is 31.2 Å². The van der Waals surface area contributed by atoms with Crippen LogP contribution < -0.4 is 14.8 Å². The molecule has 2 aromatic carbocycles. The first kappa shape index (κ1) is 18.5. The minimum atomic E-state index is -0.242. The van der Waals surface area contributed by atoms with E-state index in [9.17, 15) is 4.79 Å². The molecule has 0 saturated carbocycles. The topological polar surface area (TPSA) is 60.5 Å². The molecule has 0 radical (unpaired) electrons. The number of rotatable bonds is 6. The lowest BCUT2D eigenvalue weighted by Gasteiger charge is -2.07. The van der Waals surface area contributed by atoms with Crippen molar-refractivity contribution in [1.29, 1.82) is 0 Å². The van der Waals surface area contributed by atoms with E-state index in [-0.39, 0.29) is 19.1 Å². The van der Waals surface area contributed by atoms with Crippen LogP contribution in [0.5, 0.6) is 11.5 Å². The number of carbonyl (C=O) groups is 1. The lowest BCUT2D eigenvalue weighted by Crippen LogP contribution is -2.23. The van der Waals surface area contributed by atoms with Gasteiger partial charge in [0.05, 0.1) is 13.7 Å². The zero-order valence-corrected chi connectivity index (χ0v) is 15.6. The number of carbonyl (C=O) groups excluding carboxylic acids is 1. The molecule has 0 spiro atoms. The molecule has 0 saturated heterocycles. The zero-order valence-electron chi connectivity index (χ0n) is 14.8. The zero-order chi connectivity index (χ0) is 18.9. The minimum absolute atomic E-state index is 0.213. The quantitative estimate of drug-likeness (QED) is 0.666. The Balaban J connectivity index is 1.47. The molecule has 1 amide bonds. The average molecular weight is 378 g/mol. The average Bonchev–Trinajstić information content (AvgIpc) is 3.22. The molecule has 0 aliphatic heterocycles. The molecule has 1 aromatic heterocycles. The number of methoxy groups -OCH3 is 1. The van der Waals surface area contributed by atoms with Gasteiger partial charge in [-0.05, 0) is 12.1 Å². The van der Waals surface area contributed by atoms with Gasteiger partial charge in [0, 0.05) is 10.9 Å². The number of para-hydroxylation sites is 2. The lowest BCUT2D eigenvalue weighted by atomic mass is 10.2. The van der Waals surface area contributed by atoms with Gasteiger partial charge in [0.2, 0.25) is 0 Å². The molecular weight excluding hydrogens is 360 g/mol. The van der Waals surface area contributed by atoms with Crippen LogP contribution in [0.3, 0.4) is 0 Å². The standard InChI is InChI=1S/C21H18N2O3S/c1-25-18-11-5-6-12-19(18)26-14-8-7-13-22-20(24)17-15-27-21(23-17)16-9-3-2-4-10-16/h2-6,9-12,15H,13-14H2,1H3,(H,22,24). The Morgan fingerprint density at radius 2 is 1.81 bits per heavy atom. The molecule has 3 rings (SSSR count). The molecule has 136 valence electrons. The first-order valence-electron chi connectivity index (χ1n) is 8.28. The fourth-order valence-corrected chi connectivity index (χ4v) is 3.08. The fourth-order valence-electron chi connectivity index (χ4n) is 2.27. The third kappa shape index (κ3) is 5.09. The van der Waals surface area contributed by atoms with Crippen molar-refractivity contribution in [2.75, 3.05) is 20.3 Å². The van der Waals surface area contributed by atoms with Gasteiger partial charge in [-0.1, -0.05) is 54.3 Å². The summed E-state index contributed by atoms with van der Waals surface area (Å²) in [5.41, 5.74) is 1.39. The Morgan fingerprint density at radius 1 is 1.07 bits per heavy atom. The second-order valence-corrected chi connectivity index (χ2v) is 6.24. The Labute approximate surface area is 162 Å². The van der Waals surface area contributed by atoms with E-state index in [1.807, 2.05) is 54.6 Å². The van der Waals surface area contributed by atoms with Gasteiger partial charge in [-0.25, -0.2) is 4.98 Å². The van der Waals surface area contributed by atoms with E-state index in [4.69, 9.17) is 9.47 Å². The summed E-state index contributed by atoms with van der Waals surface area (Å²) in [4.78, 5) is 16.5. The van der Waals surface area contributed by atoms with Crippen LogP contribution in [0.25, 0.3) is 10.6 Å². The third-order valence-electron chi connectivity index (χ3n) is 3.59. The summed E-state index contributed by atoms with van der Waals surface area (Å²) in [5, 5.41) is 5.30. The van der Waals surface area contributed by atoms with E-state index in [0.29, 0.717) is 17.2 Å². The van der Waals surface area contributed by atoms with Crippen LogP contribution in [-0.2, 0) is 0 Å². The van der Waals surface area contributed by atoms with Crippen LogP contribution in [0.1, 0.15) is 10.5 Å². The number of ether oxygens (including phenoxy) is 2. The van der Waals surface area contributed by atoms with Crippen molar-refractivity contribution in [3.63, 3.8) is 0 Å². The van der Waals surface area contributed by atoms with Crippen molar-refractivity contribution in [2.24, 2.45) is 0 Å². The van der Waals surface area contributed by atoms with Crippen LogP contribution >= 0.6 is 11.3 Å². The first-order valence-corrected chi connectivity index (χ1v) is 9.16. The molecule has 0 fully saturated rings. The van der Waals surface area contributed by atoms with Gasteiger partial charge >= 0.3 is 0 Å².